The van der Waals surface area contributed by atoms with Gasteiger partial charge in [0.1, 0.15) is 5.75 Å². The second kappa shape index (κ2) is 11.4. The number of rotatable bonds is 10. The van der Waals surface area contributed by atoms with Crippen LogP contribution in [0.2, 0.25) is 10.0 Å². The second-order valence-corrected chi connectivity index (χ2v) is 10.4. The predicted molar refractivity (Wildman–Crippen MR) is 151 cm³/mol. The van der Waals surface area contributed by atoms with Gasteiger partial charge in [0.25, 0.3) is 0 Å². The molecule has 4 N–H and O–H groups in total. The lowest BCUT2D eigenvalue weighted by atomic mass is 10.0. The Morgan fingerprint density at radius 2 is 1.76 bits per heavy atom. The summed E-state index contributed by atoms with van der Waals surface area (Å²) >= 11 is 12.6. The Bertz CT molecular complexity index is 1480. The fraction of sp³-hybridized carbons (Fsp3) is 0.241. The lowest BCUT2D eigenvalue weighted by Crippen LogP contribution is -2.38. The summed E-state index contributed by atoms with van der Waals surface area (Å²) in [6.07, 6.45) is 3.11. The number of urea groups is 1. The number of primary amides is 1. The molecule has 38 heavy (non-hydrogen) atoms. The number of nitrogens with two attached hydrogens (primary N) is 1. The van der Waals surface area contributed by atoms with Gasteiger partial charge < -0.3 is 25.5 Å². The average Bonchev–Trinajstić information content (AvgIpc) is 3.27. The Labute approximate surface area is 231 Å². The van der Waals surface area contributed by atoms with Gasteiger partial charge in [0.05, 0.1) is 10.0 Å². The van der Waals surface area contributed by atoms with E-state index < -0.39 is 17.6 Å². The predicted octanol–water partition coefficient (Wildman–Crippen LogP) is 6.55. The molecule has 9 heteroatoms. The Morgan fingerprint density at radius 3 is 2.50 bits per heavy atom. The third-order valence-corrected chi connectivity index (χ3v) is 7.27. The summed E-state index contributed by atoms with van der Waals surface area (Å²) in [6.45, 7) is 3.92. The highest BCUT2D eigenvalue weighted by atomic mass is 35.5. The summed E-state index contributed by atoms with van der Waals surface area (Å²) in [5.74, 6) is -0.588. The quantitative estimate of drug-likeness (QED) is 0.207. The van der Waals surface area contributed by atoms with Crippen LogP contribution in [0.25, 0.3) is 22.0 Å². The molecule has 2 amide bonds. The van der Waals surface area contributed by atoms with Gasteiger partial charge in [0, 0.05) is 41.8 Å². The normalized spacial score (nSPS) is 11.5. The highest BCUT2D eigenvalue weighted by Gasteiger charge is 2.29. The number of hydrogen-bond acceptors (Lipinski definition) is 3. The standard InChI is InChI=1S/C29H29Cl2N3O4/c1-29(2,27(35)36)38-21-9-10-22-20(17-33-25(22)16-21)12-14-34(28(32)37)13-11-18-5-3-6-19(15-18)23-7-4-8-24(30)26(23)31/h3-10,15-17,33H,11-14H2,1-2H3,(H2,32,37)(H,35,36). The van der Waals surface area contributed by atoms with E-state index in [4.69, 9.17) is 33.7 Å². The lowest BCUT2D eigenvalue weighted by Gasteiger charge is -2.21. The maximum absolute atomic E-state index is 12.2. The molecule has 3 aromatic carbocycles. The number of nitrogens with one attached hydrogen (secondary N) is 1. The number of amides is 2. The number of carboxylic acid groups (broad SMARTS) is 1. The van der Waals surface area contributed by atoms with E-state index in [1.165, 1.54) is 13.8 Å². The molecular formula is C29H29Cl2N3O4. The van der Waals surface area contributed by atoms with Crippen molar-refractivity contribution in [2.45, 2.75) is 32.3 Å². The van der Waals surface area contributed by atoms with Crippen LogP contribution in [0.4, 0.5) is 4.79 Å². The van der Waals surface area contributed by atoms with E-state index in [2.05, 4.69) is 4.98 Å². The van der Waals surface area contributed by atoms with Gasteiger partial charge >= 0.3 is 12.0 Å². The topological polar surface area (TPSA) is 109 Å². The molecule has 7 nitrogen and oxygen atoms in total. The van der Waals surface area contributed by atoms with E-state index in [9.17, 15) is 14.7 Å². The molecule has 0 fully saturated rings. The summed E-state index contributed by atoms with van der Waals surface area (Å²) in [5.41, 5.74) is 9.05. The minimum atomic E-state index is -1.34. The number of H-pyrrole nitrogens is 1. The second-order valence-electron chi connectivity index (χ2n) is 9.57. The number of halogens is 2. The van der Waals surface area contributed by atoms with Crippen LogP contribution in [0.3, 0.4) is 0 Å². The van der Waals surface area contributed by atoms with Crippen molar-refractivity contribution >= 4 is 46.1 Å². The van der Waals surface area contributed by atoms with Gasteiger partial charge in [0.2, 0.25) is 0 Å². The summed E-state index contributed by atoms with van der Waals surface area (Å²) < 4.78 is 5.63. The van der Waals surface area contributed by atoms with Crippen LogP contribution in [0.5, 0.6) is 5.75 Å². The number of nitrogens with zero attached hydrogens (tertiary/aromatic N) is 1. The van der Waals surface area contributed by atoms with E-state index >= 15 is 0 Å². The van der Waals surface area contributed by atoms with Crippen molar-refractivity contribution in [3.05, 3.63) is 88.0 Å². The van der Waals surface area contributed by atoms with Gasteiger partial charge in [-0.1, -0.05) is 59.6 Å². The van der Waals surface area contributed by atoms with Crippen molar-refractivity contribution in [3.8, 4) is 16.9 Å². The first-order valence-electron chi connectivity index (χ1n) is 12.2. The zero-order valence-electron chi connectivity index (χ0n) is 21.1. The SMILES string of the molecule is CC(C)(Oc1ccc2c(CCN(CCc3cccc(-c4cccc(Cl)c4Cl)c3)C(N)=O)c[nH]c2c1)C(=O)O. The molecule has 0 radical (unpaired) electrons. The molecule has 198 valence electrons. The molecule has 0 aliphatic heterocycles. The minimum absolute atomic E-state index is 0.451. The zero-order chi connectivity index (χ0) is 27.4. The number of ether oxygens (including phenoxy) is 1. The molecular weight excluding hydrogens is 525 g/mol. The zero-order valence-corrected chi connectivity index (χ0v) is 22.6. The Hall–Kier alpha value is -3.68. The summed E-state index contributed by atoms with van der Waals surface area (Å²) in [5, 5.41) is 11.3. The van der Waals surface area contributed by atoms with Gasteiger partial charge in [-0.3, -0.25) is 0 Å². The smallest absolute Gasteiger partial charge is 0.347 e. The van der Waals surface area contributed by atoms with Gasteiger partial charge in [-0.05, 0) is 61.6 Å². The van der Waals surface area contributed by atoms with Crippen molar-refractivity contribution in [3.63, 3.8) is 0 Å². The molecule has 0 atom stereocenters. The number of aromatic amines is 1. The first kappa shape index (κ1) is 27.4. The molecule has 1 heterocycles. The number of fused-ring (bicyclic) bond motifs is 1. The molecule has 0 saturated carbocycles. The van der Waals surface area contributed by atoms with Crippen LogP contribution >= 0.6 is 23.2 Å². The Balaban J connectivity index is 1.42. The highest BCUT2D eigenvalue weighted by Crippen LogP contribution is 2.34. The van der Waals surface area contributed by atoms with E-state index in [-0.39, 0.29) is 0 Å². The van der Waals surface area contributed by atoms with Crippen LogP contribution in [-0.2, 0) is 17.6 Å². The molecule has 0 aliphatic rings. The molecule has 0 saturated heterocycles. The van der Waals surface area contributed by atoms with Gasteiger partial charge in [0.15, 0.2) is 5.60 Å². The molecule has 0 unspecified atom stereocenters. The minimum Gasteiger partial charge on any atom is -0.478 e. The fourth-order valence-corrected chi connectivity index (χ4v) is 4.66. The van der Waals surface area contributed by atoms with Gasteiger partial charge in [-0.15, -0.1) is 0 Å². The van der Waals surface area contributed by atoms with E-state index in [0.717, 1.165) is 33.2 Å². The van der Waals surface area contributed by atoms with Crippen molar-refractivity contribution in [1.29, 1.82) is 0 Å². The number of carbonyl (C=O) groups is 2. The van der Waals surface area contributed by atoms with E-state index in [1.807, 2.05) is 48.7 Å². The first-order chi connectivity index (χ1) is 18.0. The Morgan fingerprint density at radius 1 is 1.03 bits per heavy atom. The number of hydrogen-bond donors (Lipinski definition) is 3. The Kier molecular flexibility index (Phi) is 8.19. The number of aliphatic carboxylic acids is 1. The van der Waals surface area contributed by atoms with Crippen LogP contribution in [0.1, 0.15) is 25.0 Å². The molecule has 0 spiro atoms. The van der Waals surface area contributed by atoms with Crippen LogP contribution in [0.15, 0.2) is 66.9 Å². The number of carbonyl (C=O) groups excluding carboxylic acids is 1. The number of aromatic nitrogens is 1. The van der Waals surface area contributed by atoms with Crippen molar-refractivity contribution in [2.24, 2.45) is 5.73 Å². The van der Waals surface area contributed by atoms with Crippen molar-refractivity contribution < 1.29 is 19.4 Å². The van der Waals surface area contributed by atoms with Crippen molar-refractivity contribution in [1.82, 2.24) is 9.88 Å². The van der Waals surface area contributed by atoms with Crippen LogP contribution in [-0.4, -0.2) is 45.7 Å². The maximum atomic E-state index is 12.2. The van der Waals surface area contributed by atoms with E-state index in [1.54, 1.807) is 23.1 Å². The third-order valence-electron chi connectivity index (χ3n) is 6.45. The molecule has 4 aromatic rings. The monoisotopic (exact) mass is 553 g/mol. The molecule has 1 aromatic heterocycles. The number of carboxylic acids is 1. The lowest BCUT2D eigenvalue weighted by molar-refractivity contribution is -0.152. The molecule has 4 rings (SSSR count). The van der Waals surface area contributed by atoms with Gasteiger partial charge in [-0.25, -0.2) is 9.59 Å². The number of benzene rings is 3. The first-order valence-corrected chi connectivity index (χ1v) is 12.9. The third kappa shape index (κ3) is 6.23. The summed E-state index contributed by atoms with van der Waals surface area (Å²) in [4.78, 5) is 28.4. The van der Waals surface area contributed by atoms with Crippen LogP contribution < -0.4 is 10.5 Å². The maximum Gasteiger partial charge on any atom is 0.347 e. The van der Waals surface area contributed by atoms with Gasteiger partial charge in [-0.2, -0.15) is 0 Å². The highest BCUT2D eigenvalue weighted by molar-refractivity contribution is 6.43. The summed E-state index contributed by atoms with van der Waals surface area (Å²) in [6, 6.07) is 18.4. The summed E-state index contributed by atoms with van der Waals surface area (Å²) in [7, 11) is 0. The van der Waals surface area contributed by atoms with Crippen molar-refractivity contribution in [2.75, 3.05) is 13.1 Å². The fourth-order valence-electron chi connectivity index (χ4n) is 4.25. The molecule has 0 bridgehead atoms. The molecule has 0 aliphatic carbocycles. The van der Waals surface area contributed by atoms with E-state index in [0.29, 0.717) is 41.7 Å². The average molecular weight is 554 g/mol. The van der Waals surface area contributed by atoms with Crippen LogP contribution in [0, 0.1) is 0 Å². The largest absolute Gasteiger partial charge is 0.478 e.